The third-order valence-corrected chi connectivity index (χ3v) is 3.69. The molecule has 3 heterocycles. The predicted molar refractivity (Wildman–Crippen MR) is 92.4 cm³/mol. The van der Waals surface area contributed by atoms with Crippen LogP contribution in [0.3, 0.4) is 0 Å². The first-order chi connectivity index (χ1) is 12.3. The molecule has 0 aliphatic heterocycles. The number of carbonyl (C=O) groups excluding carboxylic acids is 1. The molecule has 8 nitrogen and oxygen atoms in total. The molecule has 0 aliphatic rings. The Balaban J connectivity index is 1.46. The van der Waals surface area contributed by atoms with Gasteiger partial charge in [0.15, 0.2) is 11.5 Å². The summed E-state index contributed by atoms with van der Waals surface area (Å²) in [5.41, 5.74) is 2.19. The van der Waals surface area contributed by atoms with E-state index >= 15 is 0 Å². The van der Waals surface area contributed by atoms with E-state index in [4.69, 9.17) is 0 Å². The fourth-order valence-corrected chi connectivity index (χ4v) is 2.53. The Morgan fingerprint density at radius 3 is 2.76 bits per heavy atom. The SMILES string of the molecule is O=C(NCc1nnc2ccccn12)Nc1ccccc1-n1cccn1. The number of rotatable bonds is 4. The summed E-state index contributed by atoms with van der Waals surface area (Å²) >= 11 is 0. The first kappa shape index (κ1) is 14.9. The van der Waals surface area contributed by atoms with E-state index < -0.39 is 0 Å². The monoisotopic (exact) mass is 333 g/mol. The molecule has 4 rings (SSSR count). The van der Waals surface area contributed by atoms with Crippen molar-refractivity contribution in [1.29, 1.82) is 0 Å². The van der Waals surface area contributed by atoms with Gasteiger partial charge in [-0.3, -0.25) is 4.40 Å². The molecule has 0 aliphatic carbocycles. The van der Waals surface area contributed by atoms with Crippen molar-refractivity contribution in [2.45, 2.75) is 6.54 Å². The van der Waals surface area contributed by atoms with E-state index in [9.17, 15) is 4.79 Å². The van der Waals surface area contributed by atoms with Crippen LogP contribution in [0, 0.1) is 0 Å². The van der Waals surface area contributed by atoms with Crippen LogP contribution in [0.15, 0.2) is 67.1 Å². The molecule has 124 valence electrons. The number of anilines is 1. The molecule has 4 aromatic rings. The largest absolute Gasteiger partial charge is 0.331 e. The molecule has 25 heavy (non-hydrogen) atoms. The minimum Gasteiger partial charge on any atom is -0.331 e. The first-order valence-corrected chi connectivity index (χ1v) is 7.74. The zero-order valence-corrected chi connectivity index (χ0v) is 13.2. The summed E-state index contributed by atoms with van der Waals surface area (Å²) in [5, 5.41) is 18.0. The highest BCUT2D eigenvalue weighted by molar-refractivity contribution is 5.91. The zero-order valence-electron chi connectivity index (χ0n) is 13.2. The van der Waals surface area contributed by atoms with E-state index in [0.717, 1.165) is 11.3 Å². The Morgan fingerprint density at radius 1 is 1.00 bits per heavy atom. The molecule has 0 saturated heterocycles. The molecule has 8 heteroatoms. The van der Waals surface area contributed by atoms with Crippen LogP contribution in [-0.2, 0) is 6.54 Å². The zero-order chi connectivity index (χ0) is 17.1. The number of aromatic nitrogens is 5. The molecular formula is C17H15N7O. The lowest BCUT2D eigenvalue weighted by Gasteiger charge is -2.11. The lowest BCUT2D eigenvalue weighted by molar-refractivity contribution is 0.251. The van der Waals surface area contributed by atoms with E-state index in [1.807, 2.05) is 65.3 Å². The van der Waals surface area contributed by atoms with Crippen LogP contribution in [0.25, 0.3) is 11.3 Å². The highest BCUT2D eigenvalue weighted by atomic mass is 16.2. The van der Waals surface area contributed by atoms with Crippen molar-refractivity contribution in [3.63, 3.8) is 0 Å². The Morgan fingerprint density at radius 2 is 1.88 bits per heavy atom. The summed E-state index contributed by atoms with van der Waals surface area (Å²) in [6.07, 6.45) is 5.37. The van der Waals surface area contributed by atoms with E-state index in [-0.39, 0.29) is 12.6 Å². The fraction of sp³-hybridized carbons (Fsp3) is 0.0588. The molecule has 0 unspecified atom stereocenters. The molecule has 0 radical (unpaired) electrons. The molecule has 0 saturated carbocycles. The Bertz CT molecular complexity index is 1010. The Hall–Kier alpha value is -3.68. The van der Waals surface area contributed by atoms with Crippen molar-refractivity contribution >= 4 is 17.4 Å². The van der Waals surface area contributed by atoms with Gasteiger partial charge in [0, 0.05) is 18.6 Å². The standard InChI is InChI=1S/C17H15N7O/c25-17(18-12-16-22-21-15-8-3-4-10-23(15)16)20-13-6-1-2-7-14(13)24-11-5-9-19-24/h1-11H,12H2,(H2,18,20,25). The second-order valence-electron chi connectivity index (χ2n) is 5.32. The van der Waals surface area contributed by atoms with Crippen molar-refractivity contribution in [3.05, 3.63) is 72.9 Å². The molecule has 1 aromatic carbocycles. The summed E-state index contributed by atoms with van der Waals surface area (Å²) in [6, 6.07) is 14.6. The van der Waals surface area contributed by atoms with Crippen LogP contribution < -0.4 is 10.6 Å². The van der Waals surface area contributed by atoms with Crippen molar-refractivity contribution in [2.24, 2.45) is 0 Å². The highest BCUT2D eigenvalue weighted by Crippen LogP contribution is 2.18. The molecule has 0 bridgehead atoms. The van der Waals surface area contributed by atoms with Gasteiger partial charge in [-0.15, -0.1) is 10.2 Å². The number of benzene rings is 1. The Labute approximate surface area is 143 Å². The van der Waals surface area contributed by atoms with Crippen molar-refractivity contribution in [1.82, 2.24) is 29.7 Å². The quantitative estimate of drug-likeness (QED) is 0.599. The minimum atomic E-state index is -0.327. The number of pyridine rings is 1. The molecule has 0 fully saturated rings. The lowest BCUT2D eigenvalue weighted by Crippen LogP contribution is -2.29. The maximum atomic E-state index is 12.3. The molecular weight excluding hydrogens is 318 g/mol. The molecule has 2 N–H and O–H groups in total. The van der Waals surface area contributed by atoms with Gasteiger partial charge in [0.05, 0.1) is 17.9 Å². The normalized spacial score (nSPS) is 10.7. The summed E-state index contributed by atoms with van der Waals surface area (Å²) < 4.78 is 3.53. The average molecular weight is 333 g/mol. The van der Waals surface area contributed by atoms with Crippen LogP contribution in [0.2, 0.25) is 0 Å². The number of hydrogen-bond acceptors (Lipinski definition) is 4. The number of fused-ring (bicyclic) bond motifs is 1. The third-order valence-electron chi connectivity index (χ3n) is 3.69. The van der Waals surface area contributed by atoms with E-state index in [0.29, 0.717) is 11.5 Å². The summed E-state index contributed by atoms with van der Waals surface area (Å²) in [5.74, 6) is 0.658. The number of urea groups is 1. The predicted octanol–water partition coefficient (Wildman–Crippen LogP) is 2.24. The number of carbonyl (C=O) groups is 1. The number of amides is 2. The van der Waals surface area contributed by atoms with Gasteiger partial charge in [-0.2, -0.15) is 5.10 Å². The number of nitrogens with one attached hydrogen (secondary N) is 2. The van der Waals surface area contributed by atoms with Gasteiger partial charge in [0.25, 0.3) is 0 Å². The van der Waals surface area contributed by atoms with Crippen LogP contribution in [-0.4, -0.2) is 30.4 Å². The van der Waals surface area contributed by atoms with Crippen LogP contribution in [0.1, 0.15) is 5.82 Å². The summed E-state index contributed by atoms with van der Waals surface area (Å²) in [6.45, 7) is 0.265. The van der Waals surface area contributed by atoms with Gasteiger partial charge in [-0.05, 0) is 30.3 Å². The van der Waals surface area contributed by atoms with Crippen LogP contribution >= 0.6 is 0 Å². The average Bonchev–Trinajstić information content (AvgIpc) is 3.30. The maximum Gasteiger partial charge on any atom is 0.319 e. The van der Waals surface area contributed by atoms with E-state index in [1.165, 1.54) is 0 Å². The third kappa shape index (κ3) is 3.05. The van der Waals surface area contributed by atoms with E-state index in [2.05, 4.69) is 25.9 Å². The van der Waals surface area contributed by atoms with Gasteiger partial charge in [-0.1, -0.05) is 18.2 Å². The number of nitrogens with zero attached hydrogens (tertiary/aromatic N) is 5. The summed E-state index contributed by atoms with van der Waals surface area (Å²) in [7, 11) is 0. The molecule has 0 atom stereocenters. The van der Waals surface area contributed by atoms with Gasteiger partial charge < -0.3 is 10.6 Å². The van der Waals surface area contributed by atoms with Gasteiger partial charge >= 0.3 is 6.03 Å². The van der Waals surface area contributed by atoms with Crippen LogP contribution in [0.5, 0.6) is 0 Å². The van der Waals surface area contributed by atoms with Crippen molar-refractivity contribution in [3.8, 4) is 5.69 Å². The van der Waals surface area contributed by atoms with Crippen LogP contribution in [0.4, 0.5) is 10.5 Å². The lowest BCUT2D eigenvalue weighted by atomic mass is 10.2. The molecule has 0 spiro atoms. The molecule has 3 aromatic heterocycles. The smallest absolute Gasteiger partial charge is 0.319 e. The second-order valence-corrected chi connectivity index (χ2v) is 5.32. The van der Waals surface area contributed by atoms with Gasteiger partial charge in [0.2, 0.25) is 0 Å². The number of hydrogen-bond donors (Lipinski definition) is 2. The van der Waals surface area contributed by atoms with Gasteiger partial charge in [-0.25, -0.2) is 9.48 Å². The van der Waals surface area contributed by atoms with Crippen molar-refractivity contribution in [2.75, 3.05) is 5.32 Å². The molecule has 2 amide bonds. The second kappa shape index (κ2) is 6.44. The highest BCUT2D eigenvalue weighted by Gasteiger charge is 2.10. The topological polar surface area (TPSA) is 89.1 Å². The number of para-hydroxylation sites is 2. The van der Waals surface area contributed by atoms with E-state index in [1.54, 1.807) is 10.9 Å². The fourth-order valence-electron chi connectivity index (χ4n) is 2.53. The first-order valence-electron chi connectivity index (χ1n) is 7.74. The minimum absolute atomic E-state index is 0.265. The summed E-state index contributed by atoms with van der Waals surface area (Å²) in [4.78, 5) is 12.3. The van der Waals surface area contributed by atoms with Crippen molar-refractivity contribution < 1.29 is 4.79 Å². The maximum absolute atomic E-state index is 12.3. The Kier molecular flexibility index (Phi) is 3.83. The van der Waals surface area contributed by atoms with Gasteiger partial charge in [0.1, 0.15) is 0 Å².